The standard InChI is InChI=1S/C14H19BrN2O2/c1-5-6-11(10-7-8-16-12(15)9-10)17(13(18)19)14(2,3)4/h5,7-9,11H,1,6H2,2-4H3,(H,18,19)/t11-/m0/s1. The van der Waals surface area contributed by atoms with Gasteiger partial charge in [-0.05, 0) is 60.8 Å². The Morgan fingerprint density at radius 1 is 1.63 bits per heavy atom. The summed E-state index contributed by atoms with van der Waals surface area (Å²) in [5.74, 6) is 0. The van der Waals surface area contributed by atoms with E-state index in [1.807, 2.05) is 32.9 Å². The molecule has 0 aromatic carbocycles. The summed E-state index contributed by atoms with van der Waals surface area (Å²) >= 11 is 3.32. The number of carboxylic acid groups (broad SMARTS) is 1. The number of hydrogen-bond donors (Lipinski definition) is 1. The molecule has 19 heavy (non-hydrogen) atoms. The molecule has 5 heteroatoms. The third-order valence-electron chi connectivity index (χ3n) is 2.77. The van der Waals surface area contributed by atoms with Crippen LogP contribution in [0.15, 0.2) is 35.6 Å². The summed E-state index contributed by atoms with van der Waals surface area (Å²) < 4.78 is 0.693. The van der Waals surface area contributed by atoms with Crippen molar-refractivity contribution in [1.82, 2.24) is 9.88 Å². The van der Waals surface area contributed by atoms with Gasteiger partial charge in [-0.3, -0.25) is 4.90 Å². The van der Waals surface area contributed by atoms with E-state index < -0.39 is 11.6 Å². The molecule has 0 bridgehead atoms. The van der Waals surface area contributed by atoms with Crippen LogP contribution >= 0.6 is 15.9 Å². The number of halogens is 1. The fourth-order valence-corrected chi connectivity index (χ4v) is 2.44. The number of amides is 1. The summed E-state index contributed by atoms with van der Waals surface area (Å²) in [6.45, 7) is 9.37. The minimum Gasteiger partial charge on any atom is -0.465 e. The summed E-state index contributed by atoms with van der Waals surface area (Å²) in [6.07, 6.45) is 3.02. The lowest BCUT2D eigenvalue weighted by Crippen LogP contribution is -2.47. The maximum absolute atomic E-state index is 11.6. The van der Waals surface area contributed by atoms with Crippen molar-refractivity contribution < 1.29 is 9.90 Å². The molecule has 1 N–H and O–H groups in total. The highest BCUT2D eigenvalue weighted by atomic mass is 79.9. The lowest BCUT2D eigenvalue weighted by atomic mass is 9.97. The summed E-state index contributed by atoms with van der Waals surface area (Å²) in [5.41, 5.74) is 0.411. The van der Waals surface area contributed by atoms with Gasteiger partial charge in [0, 0.05) is 11.7 Å². The minimum atomic E-state index is -0.938. The molecule has 0 saturated heterocycles. The van der Waals surface area contributed by atoms with Gasteiger partial charge in [-0.1, -0.05) is 6.08 Å². The summed E-state index contributed by atoms with van der Waals surface area (Å²) in [6, 6.07) is 3.41. The molecule has 104 valence electrons. The Morgan fingerprint density at radius 2 is 2.26 bits per heavy atom. The number of aromatic nitrogens is 1. The molecule has 4 nitrogen and oxygen atoms in total. The van der Waals surface area contributed by atoms with Crippen LogP contribution in [0.1, 0.15) is 38.8 Å². The van der Waals surface area contributed by atoms with Gasteiger partial charge in [0.25, 0.3) is 0 Å². The Labute approximate surface area is 122 Å². The van der Waals surface area contributed by atoms with Gasteiger partial charge < -0.3 is 5.11 Å². The van der Waals surface area contributed by atoms with Crippen LogP contribution in [0, 0.1) is 0 Å². The van der Waals surface area contributed by atoms with Crippen molar-refractivity contribution in [3.63, 3.8) is 0 Å². The molecule has 1 aromatic heterocycles. The van der Waals surface area contributed by atoms with E-state index in [-0.39, 0.29) is 6.04 Å². The van der Waals surface area contributed by atoms with Crippen LogP contribution in [-0.4, -0.2) is 26.6 Å². The molecule has 0 aliphatic heterocycles. The Morgan fingerprint density at radius 3 is 2.68 bits per heavy atom. The monoisotopic (exact) mass is 326 g/mol. The van der Waals surface area contributed by atoms with Crippen LogP contribution in [0.5, 0.6) is 0 Å². The van der Waals surface area contributed by atoms with Gasteiger partial charge in [0.1, 0.15) is 4.60 Å². The zero-order valence-corrected chi connectivity index (χ0v) is 13.0. The third-order valence-corrected chi connectivity index (χ3v) is 3.20. The predicted molar refractivity (Wildman–Crippen MR) is 79.1 cm³/mol. The highest BCUT2D eigenvalue weighted by Crippen LogP contribution is 2.32. The molecule has 0 aliphatic rings. The lowest BCUT2D eigenvalue weighted by molar-refractivity contribution is 0.0704. The Kier molecular flexibility index (Phi) is 5.11. The molecule has 0 spiro atoms. The fraction of sp³-hybridized carbons (Fsp3) is 0.429. The molecule has 0 aliphatic carbocycles. The molecule has 0 saturated carbocycles. The fourth-order valence-electron chi connectivity index (χ4n) is 2.06. The highest BCUT2D eigenvalue weighted by Gasteiger charge is 2.33. The van der Waals surface area contributed by atoms with Crippen molar-refractivity contribution in [2.45, 2.75) is 38.8 Å². The van der Waals surface area contributed by atoms with Gasteiger partial charge >= 0.3 is 6.09 Å². The average molecular weight is 327 g/mol. The maximum atomic E-state index is 11.6. The summed E-state index contributed by atoms with van der Waals surface area (Å²) in [5, 5.41) is 9.50. The molecule has 0 fully saturated rings. The van der Waals surface area contributed by atoms with Crippen LogP contribution in [-0.2, 0) is 0 Å². The van der Waals surface area contributed by atoms with Gasteiger partial charge in [-0.2, -0.15) is 0 Å². The largest absolute Gasteiger partial charge is 0.465 e. The maximum Gasteiger partial charge on any atom is 0.408 e. The molecule has 1 amide bonds. The Bertz CT molecular complexity index is 469. The average Bonchev–Trinajstić information content (AvgIpc) is 2.26. The van der Waals surface area contributed by atoms with E-state index in [9.17, 15) is 9.90 Å². The van der Waals surface area contributed by atoms with E-state index in [1.165, 1.54) is 4.90 Å². The zero-order chi connectivity index (χ0) is 14.6. The molecule has 0 unspecified atom stereocenters. The third kappa shape index (κ3) is 4.06. The quantitative estimate of drug-likeness (QED) is 0.665. The van der Waals surface area contributed by atoms with Gasteiger partial charge in [0.2, 0.25) is 0 Å². The number of pyridine rings is 1. The van der Waals surface area contributed by atoms with Crippen LogP contribution in [0.4, 0.5) is 4.79 Å². The molecule has 0 radical (unpaired) electrons. The predicted octanol–water partition coefficient (Wildman–Crippen LogP) is 4.24. The van der Waals surface area contributed by atoms with Crippen LogP contribution in [0.25, 0.3) is 0 Å². The van der Waals surface area contributed by atoms with E-state index in [2.05, 4.69) is 27.5 Å². The van der Waals surface area contributed by atoms with Gasteiger partial charge in [-0.25, -0.2) is 9.78 Å². The SMILES string of the molecule is C=CC[C@@H](c1ccnc(Br)c1)N(C(=O)O)C(C)(C)C. The van der Waals surface area contributed by atoms with Crippen molar-refractivity contribution in [1.29, 1.82) is 0 Å². The van der Waals surface area contributed by atoms with Crippen LogP contribution in [0.3, 0.4) is 0 Å². The molecular weight excluding hydrogens is 308 g/mol. The van der Waals surface area contributed by atoms with Crippen molar-refractivity contribution in [3.8, 4) is 0 Å². The summed E-state index contributed by atoms with van der Waals surface area (Å²) in [7, 11) is 0. The van der Waals surface area contributed by atoms with Crippen molar-refractivity contribution in [2.24, 2.45) is 0 Å². The number of carbonyl (C=O) groups is 1. The molecule has 1 atom stereocenters. The molecule has 1 heterocycles. The molecule has 1 rings (SSSR count). The van der Waals surface area contributed by atoms with Crippen molar-refractivity contribution in [2.75, 3.05) is 0 Å². The summed E-state index contributed by atoms with van der Waals surface area (Å²) in [4.78, 5) is 17.1. The smallest absolute Gasteiger partial charge is 0.408 e. The first kappa shape index (κ1) is 15.7. The number of hydrogen-bond acceptors (Lipinski definition) is 2. The van der Waals surface area contributed by atoms with Crippen molar-refractivity contribution >= 4 is 22.0 Å². The van der Waals surface area contributed by atoms with Gasteiger partial charge in [-0.15, -0.1) is 6.58 Å². The number of rotatable bonds is 4. The van der Waals surface area contributed by atoms with Crippen molar-refractivity contribution in [3.05, 3.63) is 41.2 Å². The van der Waals surface area contributed by atoms with Crippen LogP contribution < -0.4 is 0 Å². The first-order valence-corrected chi connectivity index (χ1v) is 6.81. The van der Waals surface area contributed by atoms with E-state index in [1.54, 1.807) is 12.3 Å². The van der Waals surface area contributed by atoms with E-state index in [0.29, 0.717) is 11.0 Å². The van der Waals surface area contributed by atoms with Crippen LogP contribution in [0.2, 0.25) is 0 Å². The zero-order valence-electron chi connectivity index (χ0n) is 11.4. The lowest BCUT2D eigenvalue weighted by Gasteiger charge is -2.39. The second-order valence-corrected chi connectivity index (χ2v) is 6.09. The Balaban J connectivity index is 3.25. The topological polar surface area (TPSA) is 53.4 Å². The van der Waals surface area contributed by atoms with E-state index in [4.69, 9.17) is 0 Å². The van der Waals surface area contributed by atoms with Gasteiger partial charge in [0.05, 0.1) is 6.04 Å². The Hall–Kier alpha value is -1.36. The highest BCUT2D eigenvalue weighted by molar-refractivity contribution is 9.10. The normalized spacial score (nSPS) is 12.8. The second kappa shape index (κ2) is 6.19. The second-order valence-electron chi connectivity index (χ2n) is 5.28. The van der Waals surface area contributed by atoms with E-state index in [0.717, 1.165) is 5.56 Å². The first-order valence-electron chi connectivity index (χ1n) is 6.02. The first-order chi connectivity index (χ1) is 8.77. The number of nitrogens with zero attached hydrogens (tertiary/aromatic N) is 2. The molecular formula is C14H19BrN2O2. The minimum absolute atomic E-state index is 0.269. The van der Waals surface area contributed by atoms with E-state index >= 15 is 0 Å². The van der Waals surface area contributed by atoms with Gasteiger partial charge in [0.15, 0.2) is 0 Å². The molecule has 1 aromatic rings.